The van der Waals surface area contributed by atoms with Gasteiger partial charge in [0.1, 0.15) is 5.69 Å². The highest BCUT2D eigenvalue weighted by Gasteiger charge is 2.19. The third kappa shape index (κ3) is 3.32. The summed E-state index contributed by atoms with van der Waals surface area (Å²) in [6.07, 6.45) is 4.82. The zero-order valence-corrected chi connectivity index (χ0v) is 14.2. The predicted molar refractivity (Wildman–Crippen MR) is 92.6 cm³/mol. The summed E-state index contributed by atoms with van der Waals surface area (Å²) in [7, 11) is 1.71. The molecule has 0 aliphatic heterocycles. The van der Waals surface area contributed by atoms with Crippen molar-refractivity contribution in [3.05, 3.63) is 58.5 Å². The van der Waals surface area contributed by atoms with E-state index in [1.807, 2.05) is 13.8 Å². The van der Waals surface area contributed by atoms with Crippen LogP contribution in [-0.2, 0) is 0 Å². The number of aromatic amines is 1. The fourth-order valence-electron chi connectivity index (χ4n) is 2.26. The molecule has 3 aromatic rings. The van der Waals surface area contributed by atoms with Crippen LogP contribution in [0.3, 0.4) is 0 Å². The number of hydrogen-bond donors (Lipinski definition) is 1. The highest BCUT2D eigenvalue weighted by atomic mass is 16.2. The van der Waals surface area contributed by atoms with Gasteiger partial charge in [0.25, 0.3) is 5.91 Å². The number of carbonyl (C=O) groups excluding carboxylic acids is 1. The molecule has 8 nitrogen and oxygen atoms in total. The van der Waals surface area contributed by atoms with E-state index in [0.717, 1.165) is 5.69 Å². The Morgan fingerprint density at radius 1 is 1.28 bits per heavy atom. The van der Waals surface area contributed by atoms with Gasteiger partial charge in [-0.1, -0.05) is 0 Å². The minimum atomic E-state index is -0.213. The van der Waals surface area contributed by atoms with Gasteiger partial charge < -0.3 is 9.88 Å². The van der Waals surface area contributed by atoms with Crippen LogP contribution in [0.25, 0.3) is 17.1 Å². The molecule has 0 aromatic carbocycles. The molecule has 3 heterocycles. The van der Waals surface area contributed by atoms with Gasteiger partial charge in [0.05, 0.1) is 23.3 Å². The van der Waals surface area contributed by atoms with Crippen molar-refractivity contribution < 1.29 is 4.79 Å². The number of H-pyrrole nitrogens is 1. The Bertz CT molecular complexity index is 938. The summed E-state index contributed by atoms with van der Waals surface area (Å²) in [4.78, 5) is 36.6. The summed E-state index contributed by atoms with van der Waals surface area (Å²) in [6.45, 7) is 4.31. The van der Waals surface area contributed by atoms with Gasteiger partial charge in [-0.15, -0.1) is 0 Å². The van der Waals surface area contributed by atoms with Crippen molar-refractivity contribution in [1.29, 1.82) is 0 Å². The lowest BCUT2D eigenvalue weighted by Crippen LogP contribution is -2.26. The zero-order valence-electron chi connectivity index (χ0n) is 14.2. The van der Waals surface area contributed by atoms with Crippen LogP contribution in [0.4, 0.5) is 0 Å². The highest BCUT2D eigenvalue weighted by molar-refractivity contribution is 5.93. The number of carbonyl (C=O) groups is 1. The quantitative estimate of drug-likeness (QED) is 0.776. The van der Waals surface area contributed by atoms with E-state index in [1.54, 1.807) is 41.2 Å². The Labute approximate surface area is 144 Å². The first kappa shape index (κ1) is 16.6. The normalized spacial score (nSPS) is 10.7. The Balaban J connectivity index is 2.15. The standard InChI is InChI=1S/C17H18N6O2/c1-4-22(3)17(25)13-7-15(14-10-18-11(2)8-19-14)23(21-13)12-5-6-16(24)20-9-12/h5-10H,4H2,1-3H3,(H,20,24). The molecule has 0 unspecified atom stereocenters. The molecule has 128 valence electrons. The maximum atomic E-state index is 12.5. The molecule has 0 aliphatic rings. The Morgan fingerprint density at radius 3 is 2.68 bits per heavy atom. The number of hydrogen-bond acceptors (Lipinski definition) is 5. The fourth-order valence-corrected chi connectivity index (χ4v) is 2.26. The smallest absolute Gasteiger partial charge is 0.274 e. The zero-order chi connectivity index (χ0) is 18.0. The van der Waals surface area contributed by atoms with Crippen molar-refractivity contribution in [3.8, 4) is 17.1 Å². The van der Waals surface area contributed by atoms with E-state index >= 15 is 0 Å². The van der Waals surface area contributed by atoms with Crippen LogP contribution in [0, 0.1) is 6.92 Å². The van der Waals surface area contributed by atoms with Crippen molar-refractivity contribution in [2.75, 3.05) is 13.6 Å². The Morgan fingerprint density at radius 2 is 2.08 bits per heavy atom. The van der Waals surface area contributed by atoms with Crippen LogP contribution < -0.4 is 5.56 Å². The summed E-state index contributed by atoms with van der Waals surface area (Å²) in [5.41, 5.74) is 2.70. The molecule has 0 spiro atoms. The van der Waals surface area contributed by atoms with Crippen molar-refractivity contribution in [3.63, 3.8) is 0 Å². The third-order valence-electron chi connectivity index (χ3n) is 3.81. The lowest BCUT2D eigenvalue weighted by Gasteiger charge is -2.11. The lowest BCUT2D eigenvalue weighted by atomic mass is 10.2. The molecular formula is C17H18N6O2. The van der Waals surface area contributed by atoms with Gasteiger partial charge in [0.15, 0.2) is 5.69 Å². The number of aromatic nitrogens is 5. The maximum absolute atomic E-state index is 12.5. The highest BCUT2D eigenvalue weighted by Crippen LogP contribution is 2.22. The molecular weight excluding hydrogens is 320 g/mol. The molecule has 1 amide bonds. The monoisotopic (exact) mass is 338 g/mol. The van der Waals surface area contributed by atoms with Crippen molar-refractivity contribution in [2.24, 2.45) is 0 Å². The van der Waals surface area contributed by atoms with E-state index in [9.17, 15) is 9.59 Å². The molecule has 3 aromatic heterocycles. The number of aryl methyl sites for hydroxylation is 1. The van der Waals surface area contributed by atoms with Gasteiger partial charge in [-0.3, -0.25) is 19.6 Å². The summed E-state index contributed by atoms with van der Waals surface area (Å²) in [5.74, 6) is -0.188. The number of amides is 1. The second-order valence-corrected chi connectivity index (χ2v) is 5.60. The molecule has 0 saturated heterocycles. The number of rotatable bonds is 4. The van der Waals surface area contributed by atoms with E-state index in [1.165, 1.54) is 12.3 Å². The third-order valence-corrected chi connectivity index (χ3v) is 3.81. The first-order chi connectivity index (χ1) is 12.0. The van der Waals surface area contributed by atoms with E-state index in [-0.39, 0.29) is 11.5 Å². The van der Waals surface area contributed by atoms with Crippen LogP contribution in [-0.4, -0.2) is 49.1 Å². The molecule has 0 radical (unpaired) electrons. The predicted octanol–water partition coefficient (Wildman–Crippen LogP) is 1.42. The van der Waals surface area contributed by atoms with Gasteiger partial charge in [-0.05, 0) is 26.0 Å². The second kappa shape index (κ2) is 6.68. The van der Waals surface area contributed by atoms with Crippen molar-refractivity contribution in [1.82, 2.24) is 29.6 Å². The van der Waals surface area contributed by atoms with Crippen molar-refractivity contribution >= 4 is 5.91 Å². The summed E-state index contributed by atoms with van der Waals surface area (Å²) < 4.78 is 1.58. The van der Waals surface area contributed by atoms with E-state index in [2.05, 4.69) is 20.1 Å². The number of nitrogens with one attached hydrogen (secondary N) is 1. The SMILES string of the molecule is CCN(C)C(=O)c1cc(-c2cnc(C)cn2)n(-c2ccc(=O)[nH]c2)n1. The fraction of sp³-hybridized carbons (Fsp3) is 0.235. The van der Waals surface area contributed by atoms with Crippen LogP contribution in [0.5, 0.6) is 0 Å². The molecule has 0 aliphatic carbocycles. The van der Waals surface area contributed by atoms with Gasteiger partial charge in [-0.25, -0.2) is 4.68 Å². The lowest BCUT2D eigenvalue weighted by molar-refractivity contribution is 0.0796. The maximum Gasteiger partial charge on any atom is 0.274 e. The Kier molecular flexibility index (Phi) is 4.42. The van der Waals surface area contributed by atoms with Crippen LogP contribution in [0.2, 0.25) is 0 Å². The van der Waals surface area contributed by atoms with Gasteiger partial charge >= 0.3 is 0 Å². The minimum absolute atomic E-state index is 0.188. The molecule has 3 rings (SSSR count). The molecule has 0 atom stereocenters. The average molecular weight is 338 g/mol. The summed E-state index contributed by atoms with van der Waals surface area (Å²) >= 11 is 0. The van der Waals surface area contributed by atoms with Crippen LogP contribution >= 0.6 is 0 Å². The number of nitrogens with zero attached hydrogens (tertiary/aromatic N) is 5. The first-order valence-electron chi connectivity index (χ1n) is 7.83. The van der Waals surface area contributed by atoms with Gasteiger partial charge in [-0.2, -0.15) is 5.10 Å². The van der Waals surface area contributed by atoms with Gasteiger partial charge in [0, 0.05) is 32.1 Å². The molecule has 0 bridgehead atoms. The Hall–Kier alpha value is -3.29. The second-order valence-electron chi connectivity index (χ2n) is 5.60. The van der Waals surface area contributed by atoms with Crippen LogP contribution in [0.1, 0.15) is 23.1 Å². The summed E-state index contributed by atoms with van der Waals surface area (Å²) in [6, 6.07) is 4.72. The van der Waals surface area contributed by atoms with Gasteiger partial charge in [0.2, 0.25) is 5.56 Å². The molecule has 0 saturated carbocycles. The summed E-state index contributed by atoms with van der Waals surface area (Å²) in [5, 5.41) is 4.41. The molecule has 0 fully saturated rings. The van der Waals surface area contributed by atoms with Crippen molar-refractivity contribution in [2.45, 2.75) is 13.8 Å². The van der Waals surface area contributed by atoms with Crippen LogP contribution in [0.15, 0.2) is 41.6 Å². The number of pyridine rings is 1. The molecule has 8 heteroatoms. The minimum Gasteiger partial charge on any atom is -0.341 e. The molecule has 1 N–H and O–H groups in total. The largest absolute Gasteiger partial charge is 0.341 e. The average Bonchev–Trinajstić information content (AvgIpc) is 3.07. The van der Waals surface area contributed by atoms with E-state index in [4.69, 9.17) is 0 Å². The topological polar surface area (TPSA) is 96.8 Å². The van der Waals surface area contributed by atoms with E-state index in [0.29, 0.717) is 29.3 Å². The first-order valence-corrected chi connectivity index (χ1v) is 7.83. The molecule has 25 heavy (non-hydrogen) atoms. The van der Waals surface area contributed by atoms with E-state index < -0.39 is 0 Å².